The molecule has 116 valence electrons. The molecule has 22 heavy (non-hydrogen) atoms. The Morgan fingerprint density at radius 3 is 2.50 bits per heavy atom. The van der Waals surface area contributed by atoms with Crippen LogP contribution >= 0.6 is 0 Å². The van der Waals surface area contributed by atoms with E-state index in [1.807, 2.05) is 30.3 Å². The molecule has 0 fully saturated rings. The van der Waals surface area contributed by atoms with Gasteiger partial charge in [0.05, 0.1) is 0 Å². The molecule has 2 N–H and O–H groups in total. The summed E-state index contributed by atoms with van der Waals surface area (Å²) in [4.78, 5) is 26.7. The van der Waals surface area contributed by atoms with E-state index in [1.165, 1.54) is 6.07 Å². The number of aryl methyl sites for hydroxylation is 1. The van der Waals surface area contributed by atoms with Crippen molar-refractivity contribution in [2.45, 2.75) is 39.0 Å². The quantitative estimate of drug-likeness (QED) is 0.763. The van der Waals surface area contributed by atoms with Crippen LogP contribution in [-0.4, -0.2) is 16.1 Å². The highest BCUT2D eigenvalue weighted by Gasteiger charge is 2.16. The van der Waals surface area contributed by atoms with Gasteiger partial charge in [-0.05, 0) is 18.4 Å². The maximum atomic E-state index is 12.2. The fourth-order valence-corrected chi connectivity index (χ4v) is 2.54. The summed E-state index contributed by atoms with van der Waals surface area (Å²) in [5, 5.41) is 9.29. The lowest BCUT2D eigenvalue weighted by atomic mass is 10.0. The van der Waals surface area contributed by atoms with E-state index in [1.54, 1.807) is 0 Å². The second-order valence-corrected chi connectivity index (χ2v) is 5.38. The molecule has 1 aromatic carbocycles. The van der Waals surface area contributed by atoms with E-state index in [-0.39, 0.29) is 5.56 Å². The molecular weight excluding hydrogens is 278 g/mol. The van der Waals surface area contributed by atoms with Gasteiger partial charge in [0.2, 0.25) is 0 Å². The van der Waals surface area contributed by atoms with E-state index in [0.29, 0.717) is 17.8 Å². The number of carboxylic acids is 1. The van der Waals surface area contributed by atoms with Crippen LogP contribution in [0.15, 0.2) is 41.2 Å². The largest absolute Gasteiger partial charge is 0.477 e. The van der Waals surface area contributed by atoms with Gasteiger partial charge in [-0.3, -0.25) is 4.79 Å². The van der Waals surface area contributed by atoms with Crippen LogP contribution in [0.5, 0.6) is 0 Å². The minimum Gasteiger partial charge on any atom is -0.477 e. The number of aromatic amines is 1. The minimum absolute atomic E-state index is 0.129. The average molecular weight is 299 g/mol. The summed E-state index contributed by atoms with van der Waals surface area (Å²) in [5.74, 6) is -1.16. The van der Waals surface area contributed by atoms with Gasteiger partial charge in [-0.2, -0.15) is 0 Å². The molecule has 0 bridgehead atoms. The van der Waals surface area contributed by atoms with Crippen LogP contribution in [0.2, 0.25) is 0 Å². The molecule has 0 radical (unpaired) electrons. The zero-order valence-corrected chi connectivity index (χ0v) is 12.8. The van der Waals surface area contributed by atoms with Crippen molar-refractivity contribution in [3.8, 4) is 11.3 Å². The van der Waals surface area contributed by atoms with Gasteiger partial charge in [0.15, 0.2) is 5.43 Å². The summed E-state index contributed by atoms with van der Waals surface area (Å²) in [6.45, 7) is 2.13. The van der Waals surface area contributed by atoms with Crippen molar-refractivity contribution in [2.75, 3.05) is 0 Å². The number of unbranched alkanes of at least 4 members (excludes halogenated alkanes) is 3. The van der Waals surface area contributed by atoms with Gasteiger partial charge in [-0.25, -0.2) is 4.79 Å². The fraction of sp³-hybridized carbons (Fsp3) is 0.333. The standard InChI is InChI=1S/C18H21NO3/c1-2-3-4-8-11-14-17(18(21)22)16(20)12-15(19-14)13-9-6-5-7-10-13/h5-7,9-10,12H,2-4,8,11H2,1H3,(H,19,20)(H,21,22). The summed E-state index contributed by atoms with van der Waals surface area (Å²) in [7, 11) is 0. The van der Waals surface area contributed by atoms with Gasteiger partial charge in [-0.1, -0.05) is 56.5 Å². The number of carbonyl (C=O) groups is 1. The maximum Gasteiger partial charge on any atom is 0.341 e. The molecular formula is C18H21NO3. The van der Waals surface area contributed by atoms with Gasteiger partial charge >= 0.3 is 5.97 Å². The van der Waals surface area contributed by atoms with Crippen LogP contribution in [0.1, 0.15) is 48.7 Å². The minimum atomic E-state index is -1.16. The van der Waals surface area contributed by atoms with Gasteiger partial charge in [0.1, 0.15) is 5.56 Å². The second-order valence-electron chi connectivity index (χ2n) is 5.38. The molecule has 1 heterocycles. The number of nitrogens with one attached hydrogen (secondary N) is 1. The zero-order chi connectivity index (χ0) is 15.9. The smallest absolute Gasteiger partial charge is 0.341 e. The number of aromatic carboxylic acids is 1. The van der Waals surface area contributed by atoms with E-state index in [2.05, 4.69) is 11.9 Å². The van der Waals surface area contributed by atoms with Crippen molar-refractivity contribution < 1.29 is 9.90 Å². The molecule has 4 nitrogen and oxygen atoms in total. The molecule has 0 spiro atoms. The molecule has 0 aliphatic heterocycles. The molecule has 0 saturated carbocycles. The van der Waals surface area contributed by atoms with Crippen LogP contribution in [0.3, 0.4) is 0 Å². The highest BCUT2D eigenvalue weighted by molar-refractivity contribution is 5.89. The van der Waals surface area contributed by atoms with Crippen molar-refractivity contribution in [3.05, 3.63) is 57.9 Å². The summed E-state index contributed by atoms with van der Waals surface area (Å²) >= 11 is 0. The van der Waals surface area contributed by atoms with E-state index in [0.717, 1.165) is 31.2 Å². The number of H-pyrrole nitrogens is 1. The van der Waals surface area contributed by atoms with E-state index >= 15 is 0 Å². The third-order valence-corrected chi connectivity index (χ3v) is 3.69. The Morgan fingerprint density at radius 2 is 1.86 bits per heavy atom. The number of carboxylic acid groups (broad SMARTS) is 1. The molecule has 0 unspecified atom stereocenters. The highest BCUT2D eigenvalue weighted by Crippen LogP contribution is 2.18. The first-order valence-corrected chi connectivity index (χ1v) is 7.68. The molecule has 0 atom stereocenters. The molecule has 4 heteroatoms. The van der Waals surface area contributed by atoms with Crippen LogP contribution in [0.25, 0.3) is 11.3 Å². The Kier molecular flexibility index (Phi) is 5.53. The molecule has 0 aliphatic carbocycles. The van der Waals surface area contributed by atoms with Gasteiger partial charge in [-0.15, -0.1) is 0 Å². The van der Waals surface area contributed by atoms with Crippen LogP contribution in [0, 0.1) is 0 Å². The number of hydrogen-bond acceptors (Lipinski definition) is 2. The van der Waals surface area contributed by atoms with Gasteiger partial charge in [0, 0.05) is 17.5 Å². The lowest BCUT2D eigenvalue weighted by Crippen LogP contribution is -2.19. The second kappa shape index (κ2) is 7.59. The number of benzene rings is 1. The first-order chi connectivity index (χ1) is 10.6. The summed E-state index contributed by atoms with van der Waals surface area (Å²) in [6, 6.07) is 10.8. The van der Waals surface area contributed by atoms with Gasteiger partial charge in [0.25, 0.3) is 0 Å². The maximum absolute atomic E-state index is 12.2. The van der Waals surface area contributed by atoms with Crippen LogP contribution < -0.4 is 5.43 Å². The predicted molar refractivity (Wildman–Crippen MR) is 87.3 cm³/mol. The van der Waals surface area contributed by atoms with Crippen molar-refractivity contribution in [2.24, 2.45) is 0 Å². The first-order valence-electron chi connectivity index (χ1n) is 7.68. The average Bonchev–Trinajstić information content (AvgIpc) is 2.51. The third kappa shape index (κ3) is 3.85. The molecule has 2 aromatic rings. The zero-order valence-electron chi connectivity index (χ0n) is 12.8. The molecule has 0 saturated heterocycles. The monoisotopic (exact) mass is 299 g/mol. The lowest BCUT2D eigenvalue weighted by molar-refractivity contribution is 0.0693. The van der Waals surface area contributed by atoms with Crippen LogP contribution in [0.4, 0.5) is 0 Å². The topological polar surface area (TPSA) is 70.2 Å². The SMILES string of the molecule is CCCCCCc1[nH]c(-c2ccccc2)cc(=O)c1C(=O)O. The fourth-order valence-electron chi connectivity index (χ4n) is 2.54. The van der Waals surface area contributed by atoms with Crippen molar-refractivity contribution in [1.82, 2.24) is 4.98 Å². The Hall–Kier alpha value is -2.36. The van der Waals surface area contributed by atoms with Crippen molar-refractivity contribution >= 4 is 5.97 Å². The number of rotatable bonds is 7. The van der Waals surface area contributed by atoms with Crippen molar-refractivity contribution in [1.29, 1.82) is 0 Å². The van der Waals surface area contributed by atoms with Crippen molar-refractivity contribution in [3.63, 3.8) is 0 Å². The highest BCUT2D eigenvalue weighted by atomic mass is 16.4. The number of hydrogen-bond donors (Lipinski definition) is 2. The molecule has 2 rings (SSSR count). The van der Waals surface area contributed by atoms with Gasteiger partial charge < -0.3 is 10.1 Å². The van der Waals surface area contributed by atoms with E-state index in [4.69, 9.17) is 0 Å². The number of pyridine rings is 1. The number of aromatic nitrogens is 1. The Morgan fingerprint density at radius 1 is 1.14 bits per heavy atom. The van der Waals surface area contributed by atoms with E-state index in [9.17, 15) is 14.7 Å². The third-order valence-electron chi connectivity index (χ3n) is 3.69. The summed E-state index contributed by atoms with van der Waals surface area (Å²) < 4.78 is 0. The molecule has 0 aliphatic rings. The first kappa shape index (κ1) is 16.0. The molecule has 1 aromatic heterocycles. The predicted octanol–water partition coefficient (Wildman–Crippen LogP) is 3.86. The normalized spacial score (nSPS) is 10.6. The Labute approximate surface area is 129 Å². The van der Waals surface area contributed by atoms with Crippen LogP contribution in [-0.2, 0) is 6.42 Å². The summed E-state index contributed by atoms with van der Waals surface area (Å²) in [5.41, 5.74) is 1.51. The molecule has 0 amide bonds. The lowest BCUT2D eigenvalue weighted by Gasteiger charge is -2.10. The van der Waals surface area contributed by atoms with E-state index < -0.39 is 11.4 Å². The Bertz CT molecular complexity index is 689. The summed E-state index contributed by atoms with van der Waals surface area (Å²) in [6.07, 6.45) is 4.73. The Balaban J connectivity index is 2.37.